The van der Waals surface area contributed by atoms with Crippen molar-refractivity contribution in [3.8, 4) is 0 Å². The van der Waals surface area contributed by atoms with Crippen LogP contribution in [0.5, 0.6) is 0 Å². The van der Waals surface area contributed by atoms with Crippen molar-refractivity contribution in [2.24, 2.45) is 0 Å². The average molecular weight is 266 g/mol. The molecule has 0 radical (unpaired) electrons. The van der Waals surface area contributed by atoms with Crippen LogP contribution in [0.15, 0.2) is 36.7 Å². The summed E-state index contributed by atoms with van der Waals surface area (Å²) < 4.78 is 0. The number of hydrogen-bond acceptors (Lipinski definition) is 6. The number of fused-ring (bicyclic) bond motifs is 1. The van der Waals surface area contributed by atoms with Crippen LogP contribution in [0, 0.1) is 6.92 Å². The van der Waals surface area contributed by atoms with Crippen LogP contribution in [0.3, 0.4) is 0 Å². The summed E-state index contributed by atoms with van der Waals surface area (Å²) in [7, 11) is 0. The number of nitrogens with two attached hydrogens (primary N) is 1. The molecule has 3 rings (SSSR count). The van der Waals surface area contributed by atoms with Crippen molar-refractivity contribution in [2.45, 2.75) is 13.5 Å². The molecule has 20 heavy (non-hydrogen) atoms. The number of rotatable bonds is 3. The van der Waals surface area contributed by atoms with Crippen LogP contribution >= 0.6 is 0 Å². The average Bonchev–Trinajstić information content (AvgIpc) is 2.47. The van der Waals surface area contributed by atoms with E-state index in [2.05, 4.69) is 25.3 Å². The Kier molecular flexibility index (Phi) is 3.12. The normalized spacial score (nSPS) is 10.7. The minimum absolute atomic E-state index is 0.378. The molecule has 0 atom stereocenters. The van der Waals surface area contributed by atoms with E-state index >= 15 is 0 Å². The molecule has 0 saturated carbocycles. The molecule has 2 heterocycles. The monoisotopic (exact) mass is 266 g/mol. The van der Waals surface area contributed by atoms with Gasteiger partial charge in [0, 0.05) is 6.20 Å². The highest BCUT2D eigenvalue weighted by Gasteiger charge is 2.05. The third kappa shape index (κ3) is 2.49. The molecular formula is C14H14N6. The van der Waals surface area contributed by atoms with Gasteiger partial charge in [0.05, 0.1) is 35.2 Å². The van der Waals surface area contributed by atoms with Gasteiger partial charge in [-0.1, -0.05) is 12.1 Å². The first kappa shape index (κ1) is 12.3. The smallest absolute Gasteiger partial charge is 0.169 e. The summed E-state index contributed by atoms with van der Waals surface area (Å²) >= 11 is 0. The molecule has 0 bridgehead atoms. The predicted molar refractivity (Wildman–Crippen MR) is 78.0 cm³/mol. The van der Waals surface area contributed by atoms with Crippen molar-refractivity contribution < 1.29 is 0 Å². The lowest BCUT2D eigenvalue weighted by Crippen LogP contribution is -2.08. The Hall–Kier alpha value is -2.76. The van der Waals surface area contributed by atoms with Crippen molar-refractivity contribution in [3.63, 3.8) is 0 Å². The molecule has 0 spiro atoms. The molecule has 6 heteroatoms. The second-order valence-electron chi connectivity index (χ2n) is 4.45. The fourth-order valence-electron chi connectivity index (χ4n) is 1.83. The Morgan fingerprint density at radius 3 is 2.50 bits per heavy atom. The fraction of sp³-hybridized carbons (Fsp3) is 0.143. The van der Waals surface area contributed by atoms with Crippen molar-refractivity contribution in [2.75, 3.05) is 11.1 Å². The first-order valence-electron chi connectivity index (χ1n) is 6.26. The van der Waals surface area contributed by atoms with E-state index in [9.17, 15) is 0 Å². The fourth-order valence-corrected chi connectivity index (χ4v) is 1.83. The van der Waals surface area contributed by atoms with Gasteiger partial charge in [0.25, 0.3) is 0 Å². The van der Waals surface area contributed by atoms with Gasteiger partial charge in [-0.3, -0.25) is 9.97 Å². The molecule has 2 aromatic heterocycles. The molecule has 0 amide bonds. The largest absolute Gasteiger partial charge is 0.381 e. The van der Waals surface area contributed by atoms with E-state index in [4.69, 9.17) is 5.73 Å². The SMILES string of the molecule is Cc1cnc(CNc2nc3ccccc3nc2N)cn1. The number of benzene rings is 1. The number of nitrogens with one attached hydrogen (secondary N) is 1. The van der Waals surface area contributed by atoms with E-state index in [1.54, 1.807) is 12.4 Å². The highest BCUT2D eigenvalue weighted by molar-refractivity contribution is 5.79. The van der Waals surface area contributed by atoms with E-state index in [-0.39, 0.29) is 0 Å². The summed E-state index contributed by atoms with van der Waals surface area (Å²) in [5, 5.41) is 3.14. The third-order valence-electron chi connectivity index (χ3n) is 2.87. The lowest BCUT2D eigenvalue weighted by atomic mass is 10.3. The summed E-state index contributed by atoms with van der Waals surface area (Å²) in [5.74, 6) is 0.940. The Balaban J connectivity index is 1.83. The van der Waals surface area contributed by atoms with E-state index in [0.29, 0.717) is 18.2 Å². The first-order chi connectivity index (χ1) is 9.72. The predicted octanol–water partition coefficient (Wildman–Crippen LogP) is 1.92. The van der Waals surface area contributed by atoms with Gasteiger partial charge in [-0.2, -0.15) is 0 Å². The lowest BCUT2D eigenvalue weighted by molar-refractivity contribution is 0.977. The Bertz CT molecular complexity index is 738. The van der Waals surface area contributed by atoms with Gasteiger partial charge in [0.1, 0.15) is 0 Å². The van der Waals surface area contributed by atoms with Crippen LogP contribution < -0.4 is 11.1 Å². The maximum Gasteiger partial charge on any atom is 0.169 e. The summed E-state index contributed by atoms with van der Waals surface area (Å²) in [6, 6.07) is 7.61. The Morgan fingerprint density at radius 2 is 1.80 bits per heavy atom. The second kappa shape index (κ2) is 5.08. The van der Waals surface area contributed by atoms with Crippen molar-refractivity contribution in [1.29, 1.82) is 0 Å². The molecule has 0 aliphatic rings. The number of para-hydroxylation sites is 2. The molecule has 6 nitrogen and oxygen atoms in total. The van der Waals surface area contributed by atoms with Crippen LogP contribution in [0.1, 0.15) is 11.4 Å². The number of anilines is 2. The van der Waals surface area contributed by atoms with Crippen molar-refractivity contribution in [1.82, 2.24) is 19.9 Å². The van der Waals surface area contributed by atoms with Crippen LogP contribution in [-0.2, 0) is 6.54 Å². The van der Waals surface area contributed by atoms with Crippen LogP contribution in [-0.4, -0.2) is 19.9 Å². The second-order valence-corrected chi connectivity index (χ2v) is 4.45. The quantitative estimate of drug-likeness (QED) is 0.752. The minimum Gasteiger partial charge on any atom is -0.381 e. The van der Waals surface area contributed by atoms with Crippen LogP contribution in [0.25, 0.3) is 11.0 Å². The molecular weight excluding hydrogens is 252 g/mol. The molecule has 3 aromatic rings. The van der Waals surface area contributed by atoms with Gasteiger partial charge < -0.3 is 11.1 Å². The van der Waals surface area contributed by atoms with Gasteiger partial charge in [-0.05, 0) is 19.1 Å². The number of nitrogen functional groups attached to an aromatic ring is 1. The topological polar surface area (TPSA) is 89.6 Å². The number of hydrogen-bond donors (Lipinski definition) is 2. The van der Waals surface area contributed by atoms with Crippen LogP contribution in [0.4, 0.5) is 11.6 Å². The highest BCUT2D eigenvalue weighted by atomic mass is 15.1. The van der Waals surface area contributed by atoms with Gasteiger partial charge >= 0.3 is 0 Å². The molecule has 0 fully saturated rings. The number of aryl methyl sites for hydroxylation is 1. The van der Waals surface area contributed by atoms with Crippen molar-refractivity contribution in [3.05, 3.63) is 48.0 Å². The van der Waals surface area contributed by atoms with Gasteiger partial charge in [-0.25, -0.2) is 9.97 Å². The number of aromatic nitrogens is 4. The van der Waals surface area contributed by atoms with Gasteiger partial charge in [-0.15, -0.1) is 0 Å². The summed E-state index contributed by atoms with van der Waals surface area (Å²) in [4.78, 5) is 17.2. The summed E-state index contributed by atoms with van der Waals surface area (Å²) in [6.45, 7) is 2.40. The van der Waals surface area contributed by atoms with E-state index in [1.165, 1.54) is 0 Å². The Morgan fingerprint density at radius 1 is 1.05 bits per heavy atom. The zero-order valence-electron chi connectivity index (χ0n) is 11.0. The van der Waals surface area contributed by atoms with Crippen molar-refractivity contribution >= 4 is 22.7 Å². The third-order valence-corrected chi connectivity index (χ3v) is 2.87. The minimum atomic E-state index is 0.378. The zero-order valence-corrected chi connectivity index (χ0v) is 11.0. The summed E-state index contributed by atoms with van der Waals surface area (Å²) in [5.41, 5.74) is 9.20. The standard InChI is InChI=1S/C14H14N6/c1-9-6-17-10(7-16-9)8-18-14-13(15)19-11-4-2-3-5-12(11)20-14/h2-7H,8H2,1H3,(H2,15,19)(H,18,20). The molecule has 0 unspecified atom stereocenters. The first-order valence-corrected chi connectivity index (χ1v) is 6.26. The molecule has 0 aliphatic heterocycles. The molecule has 0 saturated heterocycles. The van der Waals surface area contributed by atoms with E-state index in [0.717, 1.165) is 22.4 Å². The Labute approximate surface area is 116 Å². The lowest BCUT2D eigenvalue weighted by Gasteiger charge is -2.08. The maximum atomic E-state index is 5.90. The molecule has 100 valence electrons. The van der Waals surface area contributed by atoms with E-state index in [1.807, 2.05) is 31.2 Å². The van der Waals surface area contributed by atoms with Gasteiger partial charge in [0.15, 0.2) is 11.6 Å². The summed E-state index contributed by atoms with van der Waals surface area (Å²) in [6.07, 6.45) is 3.46. The molecule has 0 aliphatic carbocycles. The molecule has 3 N–H and O–H groups in total. The van der Waals surface area contributed by atoms with E-state index < -0.39 is 0 Å². The highest BCUT2D eigenvalue weighted by Crippen LogP contribution is 2.18. The van der Waals surface area contributed by atoms with Gasteiger partial charge in [0.2, 0.25) is 0 Å². The van der Waals surface area contributed by atoms with Crippen LogP contribution in [0.2, 0.25) is 0 Å². The maximum absolute atomic E-state index is 5.90. The molecule has 1 aromatic carbocycles. The zero-order chi connectivity index (χ0) is 13.9. The number of nitrogens with zero attached hydrogens (tertiary/aromatic N) is 4.